The molecule has 0 aromatic rings. The lowest BCUT2D eigenvalue weighted by Gasteiger charge is -2.28. The third kappa shape index (κ3) is 13.0. The van der Waals surface area contributed by atoms with Crippen molar-refractivity contribution < 1.29 is 44.1 Å². The Balaban J connectivity index is 5.55. The van der Waals surface area contributed by atoms with Crippen LogP contribution in [0, 0.1) is 5.92 Å². The zero-order valence-electron chi connectivity index (χ0n) is 20.7. The quantitative estimate of drug-likeness (QED) is 0.0940. The molecule has 0 spiro atoms. The van der Waals surface area contributed by atoms with E-state index in [2.05, 4.69) is 16.0 Å². The Kier molecular flexibility index (Phi) is 15.7. The highest BCUT2D eigenvalue weighted by Gasteiger charge is 2.32. The summed E-state index contributed by atoms with van der Waals surface area (Å²) >= 11 is 0. The van der Waals surface area contributed by atoms with Crippen LogP contribution in [0.1, 0.15) is 65.2 Å². The maximum atomic E-state index is 13.1. The van der Waals surface area contributed by atoms with Gasteiger partial charge in [0.25, 0.3) is 0 Å². The first-order chi connectivity index (χ1) is 16.8. The Morgan fingerprint density at radius 3 is 1.81 bits per heavy atom. The third-order valence-electron chi connectivity index (χ3n) is 5.64. The van der Waals surface area contributed by atoms with Crippen LogP contribution in [0.15, 0.2) is 0 Å². The molecule has 14 nitrogen and oxygen atoms in total. The smallest absolute Gasteiger partial charge is 0.326 e. The monoisotopic (exact) mass is 517 g/mol. The van der Waals surface area contributed by atoms with E-state index in [1.165, 1.54) is 0 Å². The minimum absolute atomic E-state index is 0.124. The van der Waals surface area contributed by atoms with E-state index in [-0.39, 0.29) is 31.6 Å². The van der Waals surface area contributed by atoms with Crippen LogP contribution in [0.25, 0.3) is 0 Å². The summed E-state index contributed by atoms with van der Waals surface area (Å²) in [6.07, 6.45) is 0.277. The number of carbonyl (C=O) groups excluding carboxylic acids is 3. The molecule has 0 aliphatic rings. The minimum Gasteiger partial charge on any atom is -0.481 e. The van der Waals surface area contributed by atoms with Crippen LogP contribution in [0.2, 0.25) is 0 Å². The van der Waals surface area contributed by atoms with E-state index in [9.17, 15) is 33.9 Å². The van der Waals surface area contributed by atoms with Crippen LogP contribution >= 0.6 is 0 Å². The molecule has 0 aliphatic carbocycles. The highest BCUT2D eigenvalue weighted by Crippen LogP contribution is 2.11. The second-order valence-corrected chi connectivity index (χ2v) is 8.59. The lowest BCUT2D eigenvalue weighted by molar-refractivity contribution is -0.143. The summed E-state index contributed by atoms with van der Waals surface area (Å²) in [5, 5.41) is 34.2. The van der Waals surface area contributed by atoms with E-state index in [4.69, 9.17) is 21.7 Å². The molecule has 0 saturated heterocycles. The number of rotatable bonds is 19. The molecule has 10 N–H and O–H groups in total. The average Bonchev–Trinajstić information content (AvgIpc) is 2.81. The van der Waals surface area contributed by atoms with Gasteiger partial charge in [0.1, 0.15) is 18.1 Å². The van der Waals surface area contributed by atoms with Gasteiger partial charge in [-0.1, -0.05) is 20.3 Å². The number of amides is 3. The predicted molar refractivity (Wildman–Crippen MR) is 128 cm³/mol. The highest BCUT2D eigenvalue weighted by atomic mass is 16.4. The van der Waals surface area contributed by atoms with Gasteiger partial charge < -0.3 is 42.7 Å². The van der Waals surface area contributed by atoms with Crippen molar-refractivity contribution in [2.45, 2.75) is 89.4 Å². The number of carbonyl (C=O) groups is 6. The highest BCUT2D eigenvalue weighted by molar-refractivity contribution is 5.94. The molecule has 5 atom stereocenters. The molecule has 0 aromatic carbocycles. The van der Waals surface area contributed by atoms with Gasteiger partial charge in [-0.05, 0) is 44.6 Å². The molecule has 0 aliphatic heterocycles. The van der Waals surface area contributed by atoms with Gasteiger partial charge in [-0.25, -0.2) is 4.79 Å². The SMILES string of the molecule is CCC(C)C(NC(=O)C(N)CCC(=O)O)C(=O)NC(CCCCN)C(=O)NC(CCC(=O)O)C(=O)O. The summed E-state index contributed by atoms with van der Waals surface area (Å²) in [4.78, 5) is 71.4. The van der Waals surface area contributed by atoms with Crippen molar-refractivity contribution in [2.24, 2.45) is 17.4 Å². The van der Waals surface area contributed by atoms with E-state index in [1.807, 2.05) is 0 Å². The van der Waals surface area contributed by atoms with Crippen molar-refractivity contribution in [3.63, 3.8) is 0 Å². The second kappa shape index (κ2) is 17.2. The number of nitrogens with two attached hydrogens (primary N) is 2. The zero-order valence-corrected chi connectivity index (χ0v) is 20.7. The summed E-state index contributed by atoms with van der Waals surface area (Å²) in [5.41, 5.74) is 11.2. The predicted octanol–water partition coefficient (Wildman–Crippen LogP) is -1.24. The van der Waals surface area contributed by atoms with E-state index in [1.54, 1.807) is 13.8 Å². The molecule has 0 heterocycles. The van der Waals surface area contributed by atoms with Crippen LogP contribution in [-0.4, -0.2) is 81.7 Å². The number of carboxylic acid groups (broad SMARTS) is 3. The molecule has 0 saturated carbocycles. The summed E-state index contributed by atoms with van der Waals surface area (Å²) in [7, 11) is 0. The first-order valence-corrected chi connectivity index (χ1v) is 11.9. The molecule has 3 amide bonds. The second-order valence-electron chi connectivity index (χ2n) is 8.59. The Hall–Kier alpha value is -3.26. The van der Waals surface area contributed by atoms with Gasteiger partial charge in [-0.2, -0.15) is 0 Å². The van der Waals surface area contributed by atoms with Gasteiger partial charge in [-0.3, -0.25) is 24.0 Å². The van der Waals surface area contributed by atoms with E-state index >= 15 is 0 Å². The van der Waals surface area contributed by atoms with E-state index < -0.39 is 66.2 Å². The van der Waals surface area contributed by atoms with Gasteiger partial charge in [0.05, 0.1) is 6.04 Å². The Morgan fingerprint density at radius 1 is 0.750 bits per heavy atom. The van der Waals surface area contributed by atoms with Crippen LogP contribution in [0.5, 0.6) is 0 Å². The lowest BCUT2D eigenvalue weighted by Crippen LogP contribution is -2.58. The van der Waals surface area contributed by atoms with Gasteiger partial charge >= 0.3 is 17.9 Å². The molecule has 0 bridgehead atoms. The third-order valence-corrected chi connectivity index (χ3v) is 5.64. The Labute approximate surface area is 209 Å². The zero-order chi connectivity index (χ0) is 27.8. The summed E-state index contributed by atoms with van der Waals surface area (Å²) in [6.45, 7) is 3.81. The number of hydrogen-bond acceptors (Lipinski definition) is 8. The fourth-order valence-electron chi connectivity index (χ4n) is 3.19. The molecule has 5 unspecified atom stereocenters. The maximum absolute atomic E-state index is 13.1. The topological polar surface area (TPSA) is 251 Å². The van der Waals surface area contributed by atoms with Crippen molar-refractivity contribution in [2.75, 3.05) is 6.54 Å². The maximum Gasteiger partial charge on any atom is 0.326 e. The summed E-state index contributed by atoms with van der Waals surface area (Å²) in [6, 6.07) is -4.89. The lowest BCUT2D eigenvalue weighted by atomic mass is 9.96. The van der Waals surface area contributed by atoms with Crippen molar-refractivity contribution in [1.29, 1.82) is 0 Å². The van der Waals surface area contributed by atoms with Gasteiger partial charge in [-0.15, -0.1) is 0 Å². The van der Waals surface area contributed by atoms with Gasteiger partial charge in [0, 0.05) is 12.8 Å². The Bertz CT molecular complexity index is 777. The molecule has 0 rings (SSSR count). The minimum atomic E-state index is -1.47. The number of carboxylic acids is 3. The number of nitrogens with one attached hydrogen (secondary N) is 3. The number of aliphatic carboxylic acids is 3. The molecule has 14 heteroatoms. The van der Waals surface area contributed by atoms with Crippen molar-refractivity contribution in [3.05, 3.63) is 0 Å². The molecular formula is C22H39N5O9. The fourth-order valence-corrected chi connectivity index (χ4v) is 3.19. The molecule has 0 aromatic heterocycles. The van der Waals surface area contributed by atoms with E-state index in [0.29, 0.717) is 25.8 Å². The average molecular weight is 518 g/mol. The standard InChI is InChI=1S/C22H39N5O9/c1-3-12(2)18(27-19(32)13(24)7-9-16(28)29)21(34)25-14(6-4-5-11-23)20(33)26-15(22(35)36)8-10-17(30)31/h12-15,18H,3-11,23-24H2,1-2H3,(H,25,34)(H,26,33)(H,27,32)(H,28,29)(H,30,31)(H,35,36). The van der Waals surface area contributed by atoms with Crippen molar-refractivity contribution in [1.82, 2.24) is 16.0 Å². The summed E-state index contributed by atoms with van der Waals surface area (Å²) < 4.78 is 0. The molecule has 0 fully saturated rings. The van der Waals surface area contributed by atoms with Crippen molar-refractivity contribution in [3.8, 4) is 0 Å². The normalized spacial score (nSPS) is 15.0. The molecule has 0 radical (unpaired) electrons. The van der Waals surface area contributed by atoms with Gasteiger partial charge in [0.15, 0.2) is 0 Å². The molecule has 206 valence electrons. The number of unbranched alkanes of at least 4 members (excludes halogenated alkanes) is 1. The van der Waals surface area contributed by atoms with Crippen LogP contribution in [-0.2, 0) is 28.8 Å². The van der Waals surface area contributed by atoms with Gasteiger partial charge in [0.2, 0.25) is 17.7 Å². The first-order valence-electron chi connectivity index (χ1n) is 11.9. The summed E-state index contributed by atoms with van der Waals surface area (Å²) in [5.74, 6) is -6.38. The van der Waals surface area contributed by atoms with E-state index in [0.717, 1.165) is 0 Å². The van der Waals surface area contributed by atoms with Crippen molar-refractivity contribution >= 4 is 35.6 Å². The Morgan fingerprint density at radius 2 is 1.31 bits per heavy atom. The van der Waals surface area contributed by atoms with Crippen LogP contribution in [0.3, 0.4) is 0 Å². The van der Waals surface area contributed by atoms with Crippen LogP contribution in [0.4, 0.5) is 0 Å². The fraction of sp³-hybridized carbons (Fsp3) is 0.727. The molecular weight excluding hydrogens is 478 g/mol. The molecule has 36 heavy (non-hydrogen) atoms. The first kappa shape index (κ1) is 32.7. The largest absolute Gasteiger partial charge is 0.481 e. The number of hydrogen-bond donors (Lipinski definition) is 8. The van der Waals surface area contributed by atoms with Crippen LogP contribution < -0.4 is 27.4 Å².